The average molecular weight is 234 g/mol. The van der Waals surface area contributed by atoms with Gasteiger partial charge in [0.15, 0.2) is 5.69 Å². The number of hydrogen-bond acceptors (Lipinski definition) is 3. The van der Waals surface area contributed by atoms with E-state index in [2.05, 4.69) is 36.4 Å². The van der Waals surface area contributed by atoms with E-state index in [1.54, 1.807) is 0 Å². The molecule has 4 heteroatoms. The molecule has 0 spiro atoms. The molecule has 1 rings (SSSR count). The number of nitriles is 1. The van der Waals surface area contributed by atoms with Gasteiger partial charge in [-0.25, -0.2) is 4.98 Å². The second-order valence-electron chi connectivity index (χ2n) is 4.32. The summed E-state index contributed by atoms with van der Waals surface area (Å²) in [6, 6.07) is 2.44. The smallest absolute Gasteiger partial charge is 0.182 e. The van der Waals surface area contributed by atoms with Gasteiger partial charge < -0.3 is 10.3 Å². The van der Waals surface area contributed by atoms with E-state index in [0.717, 1.165) is 37.9 Å². The van der Waals surface area contributed by atoms with Crippen LogP contribution in [-0.4, -0.2) is 9.55 Å². The molecule has 0 fully saturated rings. The van der Waals surface area contributed by atoms with Gasteiger partial charge in [-0.3, -0.25) is 0 Å². The summed E-state index contributed by atoms with van der Waals surface area (Å²) < 4.78 is 2.06. The Bertz CT molecular complexity index is 396. The molecule has 94 valence electrons. The quantitative estimate of drug-likeness (QED) is 0.822. The summed E-state index contributed by atoms with van der Waals surface area (Å²) in [6.07, 6.45) is 5.14. The number of nitrogen functional groups attached to an aromatic ring is 1. The highest BCUT2D eigenvalue weighted by molar-refractivity contribution is 5.46. The molecule has 0 saturated heterocycles. The zero-order valence-corrected chi connectivity index (χ0v) is 11.0. The van der Waals surface area contributed by atoms with Gasteiger partial charge in [-0.05, 0) is 19.3 Å². The number of aromatic nitrogens is 2. The Labute approximate surface area is 103 Å². The third kappa shape index (κ3) is 2.79. The summed E-state index contributed by atoms with van der Waals surface area (Å²) in [4.78, 5) is 4.36. The second kappa shape index (κ2) is 6.29. The fraction of sp³-hybridized carbons (Fsp3) is 0.692. The van der Waals surface area contributed by atoms with Crippen molar-refractivity contribution in [2.75, 3.05) is 5.73 Å². The summed E-state index contributed by atoms with van der Waals surface area (Å²) in [7, 11) is 0. The Hall–Kier alpha value is -1.50. The highest BCUT2D eigenvalue weighted by Gasteiger charge is 2.19. The van der Waals surface area contributed by atoms with Crippen LogP contribution in [0.4, 0.5) is 5.82 Å². The van der Waals surface area contributed by atoms with Crippen LogP contribution in [0.3, 0.4) is 0 Å². The SMILES string of the molecule is CCCCc1nc(C#N)c(N)n1C(CC)CC. The molecular weight excluding hydrogens is 212 g/mol. The number of hydrogen-bond donors (Lipinski definition) is 1. The summed E-state index contributed by atoms with van der Waals surface area (Å²) in [5.74, 6) is 1.50. The van der Waals surface area contributed by atoms with E-state index in [-0.39, 0.29) is 0 Å². The molecule has 17 heavy (non-hydrogen) atoms. The molecule has 0 aliphatic rings. The highest BCUT2D eigenvalue weighted by atomic mass is 15.2. The largest absolute Gasteiger partial charge is 0.383 e. The van der Waals surface area contributed by atoms with Crippen molar-refractivity contribution in [3.05, 3.63) is 11.5 Å². The Balaban J connectivity index is 3.14. The van der Waals surface area contributed by atoms with Crippen LogP contribution in [0.1, 0.15) is 64.0 Å². The monoisotopic (exact) mass is 234 g/mol. The number of nitrogens with zero attached hydrogens (tertiary/aromatic N) is 3. The average Bonchev–Trinajstić information content (AvgIpc) is 2.66. The molecule has 0 aliphatic heterocycles. The predicted molar refractivity (Wildman–Crippen MR) is 69.6 cm³/mol. The Morgan fingerprint density at radius 1 is 1.35 bits per heavy atom. The second-order valence-corrected chi connectivity index (χ2v) is 4.32. The van der Waals surface area contributed by atoms with E-state index in [0.29, 0.717) is 17.6 Å². The molecule has 0 unspecified atom stereocenters. The lowest BCUT2D eigenvalue weighted by molar-refractivity contribution is 0.457. The van der Waals surface area contributed by atoms with E-state index >= 15 is 0 Å². The van der Waals surface area contributed by atoms with Crippen LogP contribution >= 0.6 is 0 Å². The first-order valence-corrected chi connectivity index (χ1v) is 6.46. The van der Waals surface area contributed by atoms with Crippen molar-refractivity contribution < 1.29 is 0 Å². The molecule has 0 bridgehead atoms. The molecule has 0 atom stereocenters. The van der Waals surface area contributed by atoms with Gasteiger partial charge in [-0.1, -0.05) is 27.2 Å². The van der Waals surface area contributed by atoms with E-state index in [1.807, 2.05) is 0 Å². The summed E-state index contributed by atoms with van der Waals surface area (Å²) >= 11 is 0. The number of imidazole rings is 1. The highest BCUT2D eigenvalue weighted by Crippen LogP contribution is 2.25. The van der Waals surface area contributed by atoms with Gasteiger partial charge in [0.2, 0.25) is 0 Å². The number of anilines is 1. The van der Waals surface area contributed by atoms with Crippen LogP contribution in [0, 0.1) is 11.3 Å². The Morgan fingerprint density at radius 2 is 2.00 bits per heavy atom. The van der Waals surface area contributed by atoms with Crippen LogP contribution < -0.4 is 5.73 Å². The predicted octanol–water partition coefficient (Wildman–Crippen LogP) is 3.04. The van der Waals surface area contributed by atoms with Crippen molar-refractivity contribution in [2.24, 2.45) is 0 Å². The third-order valence-electron chi connectivity index (χ3n) is 3.19. The number of nitrogens with two attached hydrogens (primary N) is 1. The van der Waals surface area contributed by atoms with Crippen LogP contribution in [0.25, 0.3) is 0 Å². The fourth-order valence-corrected chi connectivity index (χ4v) is 2.15. The fourth-order valence-electron chi connectivity index (χ4n) is 2.15. The van der Waals surface area contributed by atoms with E-state index in [4.69, 9.17) is 11.0 Å². The van der Waals surface area contributed by atoms with Gasteiger partial charge in [-0.2, -0.15) is 5.26 Å². The maximum Gasteiger partial charge on any atom is 0.182 e. The summed E-state index contributed by atoms with van der Waals surface area (Å²) in [5, 5.41) is 9.00. The molecule has 2 N–H and O–H groups in total. The molecule has 4 nitrogen and oxygen atoms in total. The van der Waals surface area contributed by atoms with Crippen molar-refractivity contribution in [3.63, 3.8) is 0 Å². The van der Waals surface area contributed by atoms with Crippen molar-refractivity contribution >= 4 is 5.82 Å². The molecule has 1 heterocycles. The lowest BCUT2D eigenvalue weighted by Crippen LogP contribution is -2.13. The minimum atomic E-state index is 0.358. The standard InChI is InChI=1S/C13H22N4/c1-4-7-8-12-16-11(9-14)13(15)17(12)10(5-2)6-3/h10H,4-8,15H2,1-3H3. The minimum absolute atomic E-state index is 0.358. The van der Waals surface area contributed by atoms with E-state index in [9.17, 15) is 0 Å². The van der Waals surface area contributed by atoms with Crippen LogP contribution in [0.5, 0.6) is 0 Å². The Morgan fingerprint density at radius 3 is 2.47 bits per heavy atom. The first kappa shape index (κ1) is 13.6. The Kier molecular flexibility index (Phi) is 5.02. The van der Waals surface area contributed by atoms with Crippen LogP contribution in [0.15, 0.2) is 0 Å². The molecule has 0 aliphatic carbocycles. The van der Waals surface area contributed by atoms with Crippen LogP contribution in [-0.2, 0) is 6.42 Å². The van der Waals surface area contributed by atoms with Crippen molar-refractivity contribution in [2.45, 2.75) is 58.9 Å². The molecule has 0 saturated carbocycles. The lowest BCUT2D eigenvalue weighted by atomic mass is 10.1. The van der Waals surface area contributed by atoms with Gasteiger partial charge in [0, 0.05) is 12.5 Å². The number of rotatable bonds is 6. The number of unbranched alkanes of at least 4 members (excludes halogenated alkanes) is 1. The summed E-state index contributed by atoms with van der Waals surface area (Å²) in [5.41, 5.74) is 6.39. The normalized spacial score (nSPS) is 10.8. The van der Waals surface area contributed by atoms with E-state index in [1.165, 1.54) is 0 Å². The van der Waals surface area contributed by atoms with Gasteiger partial charge in [0.25, 0.3) is 0 Å². The minimum Gasteiger partial charge on any atom is -0.383 e. The molecule has 1 aromatic rings. The zero-order valence-electron chi connectivity index (χ0n) is 11.0. The molecular formula is C13H22N4. The topological polar surface area (TPSA) is 67.6 Å². The van der Waals surface area contributed by atoms with Gasteiger partial charge >= 0.3 is 0 Å². The third-order valence-corrected chi connectivity index (χ3v) is 3.19. The van der Waals surface area contributed by atoms with Crippen molar-refractivity contribution in [3.8, 4) is 6.07 Å². The summed E-state index contributed by atoms with van der Waals surface area (Å²) in [6.45, 7) is 6.44. The van der Waals surface area contributed by atoms with Crippen LogP contribution in [0.2, 0.25) is 0 Å². The van der Waals surface area contributed by atoms with Gasteiger partial charge in [-0.15, -0.1) is 0 Å². The molecule has 0 radical (unpaired) electrons. The maximum absolute atomic E-state index is 9.00. The lowest BCUT2D eigenvalue weighted by Gasteiger charge is -2.19. The number of aryl methyl sites for hydroxylation is 1. The zero-order chi connectivity index (χ0) is 12.8. The molecule has 1 aromatic heterocycles. The molecule has 0 amide bonds. The molecule has 0 aromatic carbocycles. The van der Waals surface area contributed by atoms with Crippen molar-refractivity contribution in [1.29, 1.82) is 5.26 Å². The first-order valence-electron chi connectivity index (χ1n) is 6.46. The van der Waals surface area contributed by atoms with Gasteiger partial charge in [0.1, 0.15) is 17.7 Å². The first-order chi connectivity index (χ1) is 8.19. The van der Waals surface area contributed by atoms with E-state index < -0.39 is 0 Å². The van der Waals surface area contributed by atoms with Crippen molar-refractivity contribution in [1.82, 2.24) is 9.55 Å². The maximum atomic E-state index is 9.00. The van der Waals surface area contributed by atoms with Gasteiger partial charge in [0.05, 0.1) is 0 Å².